The van der Waals surface area contributed by atoms with Crippen LogP contribution in [0.5, 0.6) is 0 Å². The van der Waals surface area contributed by atoms with Crippen molar-refractivity contribution in [1.82, 2.24) is 4.90 Å². The van der Waals surface area contributed by atoms with Crippen molar-refractivity contribution >= 4 is 0 Å². The maximum absolute atomic E-state index is 6.14. The van der Waals surface area contributed by atoms with Gasteiger partial charge in [-0.1, -0.05) is 13.3 Å². The van der Waals surface area contributed by atoms with Gasteiger partial charge in [0.15, 0.2) is 0 Å². The molecule has 1 aliphatic heterocycles. The fourth-order valence-corrected chi connectivity index (χ4v) is 3.19. The molecular weight excluding hydrogens is 212 g/mol. The highest BCUT2D eigenvalue weighted by Crippen LogP contribution is 2.27. The highest BCUT2D eigenvalue weighted by Gasteiger charge is 2.25. The van der Waals surface area contributed by atoms with Crippen LogP contribution >= 0.6 is 0 Å². The van der Waals surface area contributed by atoms with Crippen LogP contribution < -0.4 is 5.73 Å². The molecule has 2 rings (SSSR count). The summed E-state index contributed by atoms with van der Waals surface area (Å²) in [6, 6.07) is 0.472. The molecule has 2 aliphatic rings. The van der Waals surface area contributed by atoms with Crippen molar-refractivity contribution in [1.29, 1.82) is 0 Å². The molecule has 1 saturated carbocycles. The summed E-state index contributed by atoms with van der Waals surface area (Å²) in [6.45, 7) is 6.72. The highest BCUT2D eigenvalue weighted by atomic mass is 16.5. The lowest BCUT2D eigenvalue weighted by Crippen LogP contribution is -2.34. The molecule has 3 unspecified atom stereocenters. The van der Waals surface area contributed by atoms with Gasteiger partial charge in [0.2, 0.25) is 0 Å². The monoisotopic (exact) mass is 240 g/mol. The lowest BCUT2D eigenvalue weighted by Gasteiger charge is -2.25. The van der Waals surface area contributed by atoms with Gasteiger partial charge < -0.3 is 15.4 Å². The number of nitrogens with two attached hydrogens (primary N) is 1. The molecular formula is C14H28N2O. The van der Waals surface area contributed by atoms with Crippen LogP contribution in [0.2, 0.25) is 0 Å². The number of nitrogens with zero attached hydrogens (tertiary/aromatic N) is 1. The zero-order valence-electron chi connectivity index (χ0n) is 11.2. The molecule has 2 N–H and O–H groups in total. The zero-order valence-corrected chi connectivity index (χ0v) is 11.2. The Morgan fingerprint density at radius 2 is 2.18 bits per heavy atom. The second-order valence-electron chi connectivity index (χ2n) is 5.70. The van der Waals surface area contributed by atoms with Crippen molar-refractivity contribution in [3.63, 3.8) is 0 Å². The van der Waals surface area contributed by atoms with Gasteiger partial charge in [0.25, 0.3) is 0 Å². The summed E-state index contributed by atoms with van der Waals surface area (Å²) in [7, 11) is 0. The van der Waals surface area contributed by atoms with Crippen LogP contribution in [-0.4, -0.2) is 43.3 Å². The van der Waals surface area contributed by atoms with Crippen molar-refractivity contribution in [3.8, 4) is 0 Å². The molecule has 0 bridgehead atoms. The van der Waals surface area contributed by atoms with E-state index in [4.69, 9.17) is 10.5 Å². The molecule has 0 aromatic carbocycles. The first-order valence-electron chi connectivity index (χ1n) is 7.39. The van der Waals surface area contributed by atoms with Crippen LogP contribution in [0.3, 0.4) is 0 Å². The molecule has 0 spiro atoms. The smallest absolute Gasteiger partial charge is 0.0699 e. The molecule has 2 fully saturated rings. The predicted octanol–water partition coefficient (Wildman–Crippen LogP) is 2.00. The second-order valence-corrected chi connectivity index (χ2v) is 5.70. The van der Waals surface area contributed by atoms with E-state index in [1.54, 1.807) is 0 Å². The predicted molar refractivity (Wildman–Crippen MR) is 71.0 cm³/mol. The van der Waals surface area contributed by atoms with Gasteiger partial charge in [-0.15, -0.1) is 0 Å². The Morgan fingerprint density at radius 3 is 2.88 bits per heavy atom. The molecule has 0 radical (unpaired) electrons. The minimum Gasteiger partial charge on any atom is -0.377 e. The minimum absolute atomic E-state index is 0.453. The van der Waals surface area contributed by atoms with E-state index in [1.165, 1.54) is 45.2 Å². The third-order valence-corrected chi connectivity index (χ3v) is 4.42. The summed E-state index contributed by atoms with van der Waals surface area (Å²) < 4.78 is 5.81. The van der Waals surface area contributed by atoms with E-state index < -0.39 is 0 Å². The second kappa shape index (κ2) is 6.72. The van der Waals surface area contributed by atoms with Crippen LogP contribution in [0.25, 0.3) is 0 Å². The van der Waals surface area contributed by atoms with Crippen molar-refractivity contribution < 1.29 is 4.74 Å². The standard InChI is InChI=1S/C14H28N2O/c1-2-13-11-16(8-4-10-17-13)9-7-12-5-3-6-14(12)15/h12-14H,2-11,15H2,1H3. The fraction of sp³-hybridized carbons (Fsp3) is 1.00. The van der Waals surface area contributed by atoms with Crippen molar-refractivity contribution in [3.05, 3.63) is 0 Å². The van der Waals surface area contributed by atoms with Crippen molar-refractivity contribution in [2.24, 2.45) is 11.7 Å². The molecule has 1 saturated heterocycles. The molecule has 17 heavy (non-hydrogen) atoms. The van der Waals surface area contributed by atoms with Gasteiger partial charge in [-0.25, -0.2) is 0 Å². The number of ether oxygens (including phenoxy) is 1. The van der Waals surface area contributed by atoms with Crippen LogP contribution in [-0.2, 0) is 4.74 Å². The first-order chi connectivity index (χ1) is 8.29. The number of hydrogen-bond acceptors (Lipinski definition) is 3. The molecule has 3 heteroatoms. The Labute approximate surface area is 106 Å². The van der Waals surface area contributed by atoms with Gasteiger partial charge in [0, 0.05) is 25.7 Å². The number of hydrogen-bond donors (Lipinski definition) is 1. The van der Waals surface area contributed by atoms with Crippen molar-refractivity contribution in [2.45, 2.75) is 57.6 Å². The highest BCUT2D eigenvalue weighted by molar-refractivity contribution is 4.81. The van der Waals surface area contributed by atoms with Crippen LogP contribution in [0, 0.1) is 5.92 Å². The summed E-state index contributed by atoms with van der Waals surface area (Å²) in [4.78, 5) is 2.59. The third-order valence-electron chi connectivity index (χ3n) is 4.42. The molecule has 0 aromatic rings. The van der Waals surface area contributed by atoms with Gasteiger partial charge >= 0.3 is 0 Å². The third kappa shape index (κ3) is 3.94. The Balaban J connectivity index is 1.73. The van der Waals surface area contributed by atoms with E-state index in [2.05, 4.69) is 11.8 Å². The summed E-state index contributed by atoms with van der Waals surface area (Å²) in [5.74, 6) is 0.777. The van der Waals surface area contributed by atoms with Crippen LogP contribution in [0.15, 0.2) is 0 Å². The molecule has 3 nitrogen and oxygen atoms in total. The average Bonchev–Trinajstić information content (AvgIpc) is 2.62. The molecule has 1 heterocycles. The first-order valence-corrected chi connectivity index (χ1v) is 7.39. The Bertz CT molecular complexity index is 222. The topological polar surface area (TPSA) is 38.5 Å². The van der Waals surface area contributed by atoms with Gasteiger partial charge in [0.05, 0.1) is 6.10 Å². The Kier molecular flexibility index (Phi) is 5.26. The van der Waals surface area contributed by atoms with Crippen LogP contribution in [0.4, 0.5) is 0 Å². The largest absolute Gasteiger partial charge is 0.377 e. The van der Waals surface area contributed by atoms with E-state index in [0.717, 1.165) is 25.5 Å². The summed E-state index contributed by atoms with van der Waals surface area (Å²) in [5.41, 5.74) is 6.14. The summed E-state index contributed by atoms with van der Waals surface area (Å²) in [5, 5.41) is 0. The average molecular weight is 240 g/mol. The Hall–Kier alpha value is -0.120. The van der Waals surface area contributed by atoms with E-state index in [0.29, 0.717) is 12.1 Å². The van der Waals surface area contributed by atoms with E-state index in [1.807, 2.05) is 0 Å². The maximum atomic E-state index is 6.14. The molecule has 100 valence electrons. The summed E-state index contributed by atoms with van der Waals surface area (Å²) >= 11 is 0. The van der Waals surface area contributed by atoms with Gasteiger partial charge in [-0.3, -0.25) is 0 Å². The molecule has 1 aliphatic carbocycles. The maximum Gasteiger partial charge on any atom is 0.0699 e. The zero-order chi connectivity index (χ0) is 12.1. The minimum atomic E-state index is 0.453. The van der Waals surface area contributed by atoms with E-state index in [-0.39, 0.29) is 0 Å². The number of rotatable bonds is 4. The van der Waals surface area contributed by atoms with E-state index in [9.17, 15) is 0 Å². The van der Waals surface area contributed by atoms with Crippen molar-refractivity contribution in [2.75, 3.05) is 26.2 Å². The molecule has 0 amide bonds. The summed E-state index contributed by atoms with van der Waals surface area (Å²) in [6.07, 6.45) is 8.00. The Morgan fingerprint density at radius 1 is 1.29 bits per heavy atom. The van der Waals surface area contributed by atoms with Gasteiger partial charge in [-0.05, 0) is 44.6 Å². The lowest BCUT2D eigenvalue weighted by atomic mass is 10.00. The first kappa shape index (κ1) is 13.3. The lowest BCUT2D eigenvalue weighted by molar-refractivity contribution is 0.0512. The molecule has 0 aromatic heterocycles. The van der Waals surface area contributed by atoms with E-state index >= 15 is 0 Å². The molecule has 3 atom stereocenters. The fourth-order valence-electron chi connectivity index (χ4n) is 3.19. The normalized spacial score (nSPS) is 36.0. The van der Waals surface area contributed by atoms with Gasteiger partial charge in [0.1, 0.15) is 0 Å². The van der Waals surface area contributed by atoms with Gasteiger partial charge in [-0.2, -0.15) is 0 Å². The van der Waals surface area contributed by atoms with Crippen LogP contribution in [0.1, 0.15) is 45.4 Å². The quantitative estimate of drug-likeness (QED) is 0.817. The SMILES string of the molecule is CCC1CN(CCC2CCCC2N)CCCO1.